The van der Waals surface area contributed by atoms with Gasteiger partial charge in [-0.3, -0.25) is 13.8 Å². The van der Waals surface area contributed by atoms with Crippen LogP contribution in [0.15, 0.2) is 78.0 Å². The van der Waals surface area contributed by atoms with Crippen molar-refractivity contribution < 1.29 is 40.9 Å². The lowest BCUT2D eigenvalue weighted by atomic mass is 9.97. The van der Waals surface area contributed by atoms with Crippen LogP contribution in [0, 0.1) is 37.1 Å². The zero-order chi connectivity index (χ0) is 53.8. The van der Waals surface area contributed by atoms with E-state index >= 15 is 0 Å². The molecule has 22 heteroatoms. The van der Waals surface area contributed by atoms with Gasteiger partial charge in [0, 0.05) is 64.8 Å². The van der Waals surface area contributed by atoms with E-state index in [1.807, 2.05) is 47.6 Å². The van der Waals surface area contributed by atoms with Crippen molar-refractivity contribution >= 4 is 63.6 Å². The second kappa shape index (κ2) is 22.7. The zero-order valence-corrected chi connectivity index (χ0v) is 43.1. The Kier molecular flexibility index (Phi) is 16.2. The van der Waals surface area contributed by atoms with Gasteiger partial charge in [-0.05, 0) is 127 Å². The monoisotopic (exact) mass is 1050 g/mol. The SMILES string of the molecule is Cc1ccc(C(=O)NC(C)C)cc1-c1nc(NCCN2CCCC2)nc2c1CNC(=O)N2c1c(F)cccc1F.Cc1ccc(C(=O)NC(C)C)cc1-c1nc(S(C)=O)nc2c1CNC(=O)N2c1c(F)cccc1F. The number of nitrogens with one attached hydrogen (secondary N) is 5. The number of halogens is 4. The molecule has 0 saturated carbocycles. The van der Waals surface area contributed by atoms with Crippen LogP contribution in [0.5, 0.6) is 0 Å². The van der Waals surface area contributed by atoms with Crippen molar-refractivity contribution in [1.82, 2.24) is 46.1 Å². The Morgan fingerprint density at radius 1 is 0.653 bits per heavy atom. The number of benzene rings is 4. The molecule has 5 heterocycles. The summed E-state index contributed by atoms with van der Waals surface area (Å²) in [5, 5.41) is 14.1. The molecule has 3 aliphatic rings. The molecule has 2 aromatic heterocycles. The lowest BCUT2D eigenvalue weighted by Crippen LogP contribution is -2.43. The van der Waals surface area contributed by atoms with E-state index in [9.17, 15) is 40.9 Å². The molecule has 3 aliphatic heterocycles. The largest absolute Gasteiger partial charge is 0.353 e. The second-order valence-corrected chi connectivity index (χ2v) is 20.0. The lowest BCUT2D eigenvalue weighted by molar-refractivity contribution is 0.0934. The van der Waals surface area contributed by atoms with Gasteiger partial charge in [0.2, 0.25) is 11.1 Å². The van der Waals surface area contributed by atoms with Crippen LogP contribution in [0.3, 0.4) is 0 Å². The molecule has 6 amide bonds. The molecule has 1 atom stereocenters. The minimum absolute atomic E-state index is 0.0332. The molecule has 9 rings (SSSR count). The molecular formula is C53H56F4N12O5S. The number of hydrogen-bond donors (Lipinski definition) is 5. The number of carbonyl (C=O) groups is 4. The van der Waals surface area contributed by atoms with Crippen LogP contribution >= 0.6 is 0 Å². The van der Waals surface area contributed by atoms with Gasteiger partial charge in [-0.1, -0.05) is 24.3 Å². The normalized spacial score (nSPS) is 14.6. The summed E-state index contributed by atoms with van der Waals surface area (Å²) in [7, 11) is -1.68. The topological polar surface area (TPSA) is 207 Å². The van der Waals surface area contributed by atoms with Crippen molar-refractivity contribution in [2.75, 3.05) is 47.6 Å². The molecule has 17 nitrogen and oxygen atoms in total. The molecule has 6 aromatic rings. The number of fused-ring (bicyclic) bond motifs is 2. The number of urea groups is 2. The molecule has 0 radical (unpaired) electrons. The number of carbonyl (C=O) groups excluding carboxylic acids is 4. The summed E-state index contributed by atoms with van der Waals surface area (Å²) in [5.74, 6) is -4.00. The van der Waals surface area contributed by atoms with Gasteiger partial charge in [-0.15, -0.1) is 0 Å². The Balaban J connectivity index is 0.000000201. The fourth-order valence-electron chi connectivity index (χ4n) is 8.83. The van der Waals surface area contributed by atoms with Gasteiger partial charge in [0.05, 0.1) is 35.3 Å². The highest BCUT2D eigenvalue weighted by Gasteiger charge is 2.36. The Morgan fingerprint density at radius 3 is 1.53 bits per heavy atom. The van der Waals surface area contributed by atoms with Crippen LogP contribution in [0.2, 0.25) is 0 Å². The van der Waals surface area contributed by atoms with E-state index < -0.39 is 57.5 Å². The first kappa shape index (κ1) is 53.4. The van der Waals surface area contributed by atoms with Crippen molar-refractivity contribution in [3.8, 4) is 22.5 Å². The number of amides is 6. The summed E-state index contributed by atoms with van der Waals surface area (Å²) >= 11 is 0. The number of likely N-dealkylation sites (tertiary alicyclic amines) is 1. The van der Waals surface area contributed by atoms with Gasteiger partial charge in [0.1, 0.15) is 34.6 Å². The smallest absolute Gasteiger partial charge is 0.328 e. The Labute approximate surface area is 433 Å². The maximum Gasteiger partial charge on any atom is 0.328 e. The summed E-state index contributed by atoms with van der Waals surface area (Å²) in [4.78, 5) is 73.5. The molecule has 1 saturated heterocycles. The molecule has 1 unspecified atom stereocenters. The molecule has 392 valence electrons. The third-order valence-corrected chi connectivity index (χ3v) is 13.1. The molecule has 0 bridgehead atoms. The van der Waals surface area contributed by atoms with Crippen LogP contribution in [0.4, 0.5) is 56.1 Å². The van der Waals surface area contributed by atoms with E-state index in [1.54, 1.807) is 30.3 Å². The maximum absolute atomic E-state index is 14.9. The minimum atomic E-state index is -1.68. The van der Waals surface area contributed by atoms with Gasteiger partial charge < -0.3 is 31.5 Å². The molecule has 75 heavy (non-hydrogen) atoms. The average molecular weight is 1050 g/mol. The predicted molar refractivity (Wildman–Crippen MR) is 278 cm³/mol. The van der Waals surface area contributed by atoms with Crippen molar-refractivity contribution in [2.24, 2.45) is 0 Å². The van der Waals surface area contributed by atoms with Crippen molar-refractivity contribution in [3.63, 3.8) is 0 Å². The lowest BCUT2D eigenvalue weighted by Gasteiger charge is -2.31. The summed E-state index contributed by atoms with van der Waals surface area (Å²) in [6.07, 6.45) is 3.69. The number of hydrogen-bond acceptors (Lipinski definition) is 11. The molecule has 0 spiro atoms. The predicted octanol–water partition coefficient (Wildman–Crippen LogP) is 8.70. The zero-order valence-electron chi connectivity index (χ0n) is 42.3. The van der Waals surface area contributed by atoms with Crippen molar-refractivity contribution in [3.05, 3.63) is 129 Å². The summed E-state index contributed by atoms with van der Waals surface area (Å²) in [6, 6.07) is 15.4. The van der Waals surface area contributed by atoms with E-state index in [0.717, 1.165) is 77.7 Å². The van der Waals surface area contributed by atoms with E-state index in [-0.39, 0.29) is 59.7 Å². The van der Waals surface area contributed by atoms with Crippen molar-refractivity contribution in [1.29, 1.82) is 0 Å². The fraction of sp³-hybridized carbons (Fsp3) is 0.321. The third kappa shape index (κ3) is 11.6. The molecule has 4 aromatic carbocycles. The first-order valence-electron chi connectivity index (χ1n) is 24.3. The quantitative estimate of drug-likeness (QED) is 0.0546. The van der Waals surface area contributed by atoms with E-state index in [2.05, 4.69) is 46.4 Å². The number of para-hydroxylation sites is 2. The number of nitrogens with zero attached hydrogens (tertiary/aromatic N) is 7. The van der Waals surface area contributed by atoms with Gasteiger partial charge >= 0.3 is 12.1 Å². The summed E-state index contributed by atoms with van der Waals surface area (Å²) in [6.45, 7) is 14.6. The standard InChI is InChI=1S/C29H33F2N7O2.C24H23F2N5O3S/c1-17(2)34-27(39)19-10-9-18(3)20(15-19)24-21-16-33-29(40)38(25-22(30)7-6-8-23(25)31)26(21)36-28(35-24)32-11-14-37-12-4-5-13-37;1-12(2)28-22(32)14-9-8-13(3)15(10-14)19-16-11-27-24(33)31(20-17(25)6-5-7-18(20)26)21(16)30-23(29-19)35(4)34/h6-10,15,17H,4-5,11-14,16H2,1-3H3,(H,33,40)(H,34,39)(H,32,35,36);5-10,12H,11H2,1-4H3,(H,27,33)(H,28,32). The van der Waals surface area contributed by atoms with Crippen LogP contribution in [0.1, 0.15) is 83.5 Å². The highest BCUT2D eigenvalue weighted by Crippen LogP contribution is 2.41. The number of rotatable bonds is 13. The van der Waals surface area contributed by atoms with Crippen molar-refractivity contribution in [2.45, 2.75) is 84.7 Å². The molecule has 0 aliphatic carbocycles. The van der Waals surface area contributed by atoms with E-state index in [1.165, 1.54) is 18.4 Å². The fourth-order valence-corrected chi connectivity index (χ4v) is 9.27. The van der Waals surface area contributed by atoms with Crippen LogP contribution < -0.4 is 36.4 Å². The van der Waals surface area contributed by atoms with Crippen LogP contribution in [-0.2, 0) is 23.9 Å². The average Bonchev–Trinajstić information content (AvgIpc) is 3.89. The van der Waals surface area contributed by atoms with Gasteiger partial charge in [-0.2, -0.15) is 4.98 Å². The Hall–Kier alpha value is -7.85. The minimum Gasteiger partial charge on any atom is -0.353 e. The molecular weight excluding hydrogens is 993 g/mol. The Morgan fingerprint density at radius 2 is 1.09 bits per heavy atom. The number of aromatic nitrogens is 4. The summed E-state index contributed by atoms with van der Waals surface area (Å²) in [5.41, 5.74) is 4.10. The van der Waals surface area contributed by atoms with Gasteiger partial charge in [0.25, 0.3) is 11.8 Å². The highest BCUT2D eigenvalue weighted by molar-refractivity contribution is 7.84. The first-order valence-corrected chi connectivity index (χ1v) is 25.9. The first-order chi connectivity index (χ1) is 35.8. The van der Waals surface area contributed by atoms with E-state index in [4.69, 9.17) is 4.98 Å². The van der Waals surface area contributed by atoms with Crippen LogP contribution in [0.25, 0.3) is 22.5 Å². The van der Waals surface area contributed by atoms with Gasteiger partial charge in [-0.25, -0.2) is 51.9 Å². The van der Waals surface area contributed by atoms with Gasteiger partial charge in [0.15, 0.2) is 11.6 Å². The number of anilines is 5. The summed E-state index contributed by atoms with van der Waals surface area (Å²) < 4.78 is 71.7. The second-order valence-electron chi connectivity index (χ2n) is 18.7. The highest BCUT2D eigenvalue weighted by atomic mass is 32.2. The van der Waals surface area contributed by atoms with E-state index in [0.29, 0.717) is 51.3 Å². The maximum atomic E-state index is 14.9. The number of aryl methyl sites for hydroxylation is 2. The molecule has 5 N–H and O–H groups in total. The van der Waals surface area contributed by atoms with Crippen LogP contribution in [-0.4, -0.2) is 97.4 Å². The Bertz CT molecular complexity index is 3210. The third-order valence-electron chi connectivity index (χ3n) is 12.5. The molecule has 1 fully saturated rings.